The van der Waals surface area contributed by atoms with Crippen molar-refractivity contribution in [2.75, 3.05) is 20.2 Å². The van der Waals surface area contributed by atoms with Crippen LogP contribution < -0.4 is 15.4 Å². The van der Waals surface area contributed by atoms with E-state index in [0.29, 0.717) is 25.5 Å². The molecule has 28 heavy (non-hydrogen) atoms. The van der Waals surface area contributed by atoms with Gasteiger partial charge in [0.05, 0.1) is 0 Å². The normalized spacial score (nSPS) is 11.5. The van der Waals surface area contributed by atoms with Crippen LogP contribution in [0.3, 0.4) is 0 Å². The van der Waals surface area contributed by atoms with Crippen LogP contribution in [-0.2, 0) is 13.0 Å². The highest BCUT2D eigenvalue weighted by molar-refractivity contribution is 14.0. The van der Waals surface area contributed by atoms with Crippen LogP contribution in [0.25, 0.3) is 0 Å². The van der Waals surface area contributed by atoms with E-state index in [1.807, 2.05) is 6.07 Å². The van der Waals surface area contributed by atoms with Crippen molar-refractivity contribution >= 4 is 29.9 Å². The summed E-state index contributed by atoms with van der Waals surface area (Å²) in [5.41, 5.74) is 1.75. The second kappa shape index (κ2) is 11.7. The first-order valence-corrected chi connectivity index (χ1v) is 8.33. The van der Waals surface area contributed by atoms with Crippen molar-refractivity contribution < 1.29 is 22.3 Å². The maximum absolute atomic E-state index is 13.1. The summed E-state index contributed by atoms with van der Waals surface area (Å²) in [7, 11) is 1.63. The number of alkyl halides is 3. The smallest absolute Gasteiger partial charge is 0.422 e. The van der Waals surface area contributed by atoms with Gasteiger partial charge in [-0.05, 0) is 41.8 Å². The number of rotatable bonds is 7. The molecular weight excluding hydrogens is 489 g/mol. The molecule has 2 rings (SSSR count). The fourth-order valence-electron chi connectivity index (χ4n) is 2.29. The van der Waals surface area contributed by atoms with Crippen LogP contribution in [0.5, 0.6) is 5.75 Å². The molecule has 0 aliphatic carbocycles. The van der Waals surface area contributed by atoms with E-state index in [1.54, 1.807) is 25.2 Å². The zero-order valence-corrected chi connectivity index (χ0v) is 17.6. The number of ether oxygens (including phenoxy) is 1. The van der Waals surface area contributed by atoms with Crippen molar-refractivity contribution in [1.82, 2.24) is 10.6 Å². The summed E-state index contributed by atoms with van der Waals surface area (Å²) in [6.45, 7) is -0.293. The molecule has 0 fully saturated rings. The third-order valence-electron chi connectivity index (χ3n) is 3.60. The van der Waals surface area contributed by atoms with Gasteiger partial charge >= 0.3 is 6.18 Å². The van der Waals surface area contributed by atoms with E-state index in [0.717, 1.165) is 11.1 Å². The highest BCUT2D eigenvalue weighted by atomic mass is 127. The fourth-order valence-corrected chi connectivity index (χ4v) is 2.29. The maximum Gasteiger partial charge on any atom is 0.422 e. The van der Waals surface area contributed by atoms with E-state index < -0.39 is 12.8 Å². The van der Waals surface area contributed by atoms with E-state index in [1.165, 1.54) is 24.3 Å². The highest BCUT2D eigenvalue weighted by Crippen LogP contribution is 2.18. The summed E-state index contributed by atoms with van der Waals surface area (Å²) in [5.74, 6) is 0.468. The van der Waals surface area contributed by atoms with Gasteiger partial charge in [-0.1, -0.05) is 24.3 Å². The van der Waals surface area contributed by atoms with Crippen LogP contribution in [0.1, 0.15) is 11.1 Å². The topological polar surface area (TPSA) is 45.7 Å². The molecule has 9 heteroatoms. The maximum atomic E-state index is 13.1. The molecule has 0 spiro atoms. The third-order valence-corrected chi connectivity index (χ3v) is 3.60. The molecule has 0 amide bonds. The van der Waals surface area contributed by atoms with Gasteiger partial charge in [0.1, 0.15) is 11.6 Å². The van der Waals surface area contributed by atoms with Gasteiger partial charge in [-0.3, -0.25) is 4.99 Å². The molecule has 2 aromatic rings. The number of hydrogen-bond acceptors (Lipinski definition) is 2. The van der Waals surface area contributed by atoms with Crippen molar-refractivity contribution in [3.8, 4) is 5.75 Å². The van der Waals surface area contributed by atoms with E-state index in [2.05, 4.69) is 20.4 Å². The zero-order valence-electron chi connectivity index (χ0n) is 15.2. The summed E-state index contributed by atoms with van der Waals surface area (Å²) < 4.78 is 54.2. The Balaban J connectivity index is 0.00000392. The van der Waals surface area contributed by atoms with Crippen molar-refractivity contribution in [2.45, 2.75) is 19.1 Å². The first-order chi connectivity index (χ1) is 12.9. The Kier molecular flexibility index (Phi) is 10.0. The monoisotopic (exact) mass is 511 g/mol. The molecule has 0 bridgehead atoms. The van der Waals surface area contributed by atoms with Gasteiger partial charge in [0.25, 0.3) is 0 Å². The lowest BCUT2D eigenvalue weighted by Crippen LogP contribution is -2.37. The lowest BCUT2D eigenvalue weighted by Gasteiger charge is -2.13. The highest BCUT2D eigenvalue weighted by Gasteiger charge is 2.28. The molecule has 0 saturated heterocycles. The van der Waals surface area contributed by atoms with Crippen molar-refractivity contribution in [3.63, 3.8) is 0 Å². The molecule has 0 heterocycles. The first-order valence-electron chi connectivity index (χ1n) is 8.33. The molecule has 154 valence electrons. The van der Waals surface area contributed by atoms with Gasteiger partial charge in [-0.2, -0.15) is 13.2 Å². The number of hydrogen-bond donors (Lipinski definition) is 2. The van der Waals surface area contributed by atoms with E-state index in [-0.39, 0.29) is 35.5 Å². The van der Waals surface area contributed by atoms with E-state index >= 15 is 0 Å². The molecule has 0 aromatic heterocycles. The summed E-state index contributed by atoms with van der Waals surface area (Å²) >= 11 is 0. The molecule has 0 saturated carbocycles. The summed E-state index contributed by atoms with van der Waals surface area (Å²) in [6, 6.07) is 12.7. The predicted octanol–water partition coefficient (Wildman–Crippen LogP) is 4.29. The predicted molar refractivity (Wildman–Crippen MR) is 112 cm³/mol. The van der Waals surface area contributed by atoms with Gasteiger partial charge in [0.2, 0.25) is 0 Å². The van der Waals surface area contributed by atoms with Gasteiger partial charge in [0.15, 0.2) is 12.6 Å². The molecule has 0 atom stereocenters. The molecule has 4 nitrogen and oxygen atoms in total. The van der Waals surface area contributed by atoms with Gasteiger partial charge in [0, 0.05) is 20.1 Å². The van der Waals surface area contributed by atoms with E-state index in [4.69, 9.17) is 0 Å². The number of aliphatic imine (C=N–C) groups is 1. The molecular formula is C19H22F4IN3O. The minimum atomic E-state index is -4.36. The van der Waals surface area contributed by atoms with E-state index in [9.17, 15) is 17.6 Å². The average Bonchev–Trinajstić information content (AvgIpc) is 2.63. The largest absolute Gasteiger partial charge is 0.484 e. The summed E-state index contributed by atoms with van der Waals surface area (Å²) in [4.78, 5) is 4.10. The Bertz CT molecular complexity index is 752. The Morgan fingerprint density at radius 3 is 2.36 bits per heavy atom. The number of halogens is 5. The third kappa shape index (κ3) is 9.25. The number of guanidine groups is 1. The summed E-state index contributed by atoms with van der Waals surface area (Å²) in [6.07, 6.45) is -3.71. The minimum absolute atomic E-state index is 0. The lowest BCUT2D eigenvalue weighted by atomic mass is 10.1. The van der Waals surface area contributed by atoms with Crippen molar-refractivity contribution in [1.29, 1.82) is 0 Å². The van der Waals surface area contributed by atoms with Crippen LogP contribution in [0.15, 0.2) is 53.5 Å². The average molecular weight is 511 g/mol. The number of nitrogens with one attached hydrogen (secondary N) is 2. The quantitative estimate of drug-likeness (QED) is 0.253. The van der Waals surface area contributed by atoms with Crippen LogP contribution in [0.2, 0.25) is 0 Å². The van der Waals surface area contributed by atoms with Crippen molar-refractivity contribution in [3.05, 3.63) is 65.5 Å². The Morgan fingerprint density at radius 2 is 1.75 bits per heavy atom. The van der Waals surface area contributed by atoms with Gasteiger partial charge < -0.3 is 15.4 Å². The molecule has 2 aromatic carbocycles. The van der Waals surface area contributed by atoms with Crippen LogP contribution in [0.4, 0.5) is 17.6 Å². The molecule has 0 aliphatic heterocycles. The Morgan fingerprint density at radius 1 is 1.04 bits per heavy atom. The van der Waals surface area contributed by atoms with Gasteiger partial charge in [-0.15, -0.1) is 24.0 Å². The van der Waals surface area contributed by atoms with Gasteiger partial charge in [-0.25, -0.2) is 4.39 Å². The molecule has 2 N–H and O–H groups in total. The standard InChI is InChI=1S/C19H21F4N3O.HI/c1-24-18(25-10-9-14-3-2-4-16(20)11-14)26-12-15-5-7-17(8-6-15)27-13-19(21,22)23;/h2-8,11H,9-10,12-13H2,1H3,(H2,24,25,26);1H. The second-order valence-corrected chi connectivity index (χ2v) is 5.78. The minimum Gasteiger partial charge on any atom is -0.484 e. The molecule has 0 unspecified atom stereocenters. The lowest BCUT2D eigenvalue weighted by molar-refractivity contribution is -0.153. The van der Waals surface area contributed by atoms with Crippen molar-refractivity contribution in [2.24, 2.45) is 4.99 Å². The van der Waals surface area contributed by atoms with Crippen LogP contribution >= 0.6 is 24.0 Å². The molecule has 0 radical (unpaired) electrons. The Hall–Kier alpha value is -2.04. The molecule has 0 aliphatic rings. The SMILES string of the molecule is CN=C(NCCc1cccc(F)c1)NCc1ccc(OCC(F)(F)F)cc1.I. The number of nitrogens with zero attached hydrogens (tertiary/aromatic N) is 1. The Labute approximate surface area is 178 Å². The first kappa shape index (κ1) is 24.0. The summed E-state index contributed by atoms with van der Waals surface area (Å²) in [5, 5.41) is 6.23. The zero-order chi connectivity index (χ0) is 19.7. The fraction of sp³-hybridized carbons (Fsp3) is 0.316. The number of benzene rings is 2. The van der Waals surface area contributed by atoms with Crippen LogP contribution in [-0.4, -0.2) is 32.3 Å². The van der Waals surface area contributed by atoms with Crippen LogP contribution in [0, 0.1) is 5.82 Å². The second-order valence-electron chi connectivity index (χ2n) is 5.78.